The van der Waals surface area contributed by atoms with Crippen LogP contribution in [0.2, 0.25) is 0 Å². The van der Waals surface area contributed by atoms with Crippen LogP contribution in [-0.4, -0.2) is 16.7 Å². The van der Waals surface area contributed by atoms with E-state index < -0.39 is 0 Å². The van der Waals surface area contributed by atoms with E-state index in [-0.39, 0.29) is 11.6 Å². The molecule has 3 rings (SSSR count). The smallest absolute Gasteiger partial charge is 0.148 e. The second-order valence-electron chi connectivity index (χ2n) is 6.43. The molecular weight excluding hydrogens is 332 g/mol. The summed E-state index contributed by atoms with van der Waals surface area (Å²) in [4.78, 5) is 0. The number of H-pyrrole nitrogens is 1. The molecule has 26 heavy (non-hydrogen) atoms. The number of aromatic amines is 1. The highest BCUT2D eigenvalue weighted by Crippen LogP contribution is 2.26. The van der Waals surface area contributed by atoms with Gasteiger partial charge in [0.25, 0.3) is 0 Å². The highest BCUT2D eigenvalue weighted by Gasteiger charge is 2.11. The van der Waals surface area contributed by atoms with Gasteiger partial charge in [-0.05, 0) is 35.8 Å². The zero-order valence-electron chi connectivity index (χ0n) is 15.0. The molecule has 3 nitrogen and oxygen atoms in total. The van der Waals surface area contributed by atoms with Crippen molar-refractivity contribution in [1.82, 2.24) is 10.2 Å². The minimum absolute atomic E-state index is 0.268. The maximum absolute atomic E-state index is 14.3. The zero-order valence-corrected chi connectivity index (χ0v) is 15.0. The first kappa shape index (κ1) is 18.1. The fourth-order valence-electron chi connectivity index (χ4n) is 2.90. The quantitative estimate of drug-likeness (QED) is 0.557. The number of fused-ring (bicyclic) bond motifs is 1. The largest absolute Gasteiger partial charge is 0.382 e. The summed E-state index contributed by atoms with van der Waals surface area (Å²) in [5.74, 6) is -0.0375. The molecule has 0 aliphatic rings. The molecule has 0 amide bonds. The molecule has 3 aromatic rings. The monoisotopic (exact) mass is 355 g/mol. The number of rotatable bonds is 7. The Morgan fingerprint density at radius 3 is 2.50 bits per heavy atom. The van der Waals surface area contributed by atoms with Crippen molar-refractivity contribution in [3.63, 3.8) is 0 Å². The lowest BCUT2D eigenvalue weighted by molar-refractivity contribution is 0.517. The molecule has 136 valence electrons. The second-order valence-corrected chi connectivity index (χ2v) is 6.43. The van der Waals surface area contributed by atoms with E-state index in [1.165, 1.54) is 18.2 Å². The first-order chi connectivity index (χ1) is 12.6. The van der Waals surface area contributed by atoms with Gasteiger partial charge in [-0.3, -0.25) is 5.10 Å². The van der Waals surface area contributed by atoms with Gasteiger partial charge < -0.3 is 5.32 Å². The van der Waals surface area contributed by atoms with Gasteiger partial charge in [-0.1, -0.05) is 44.9 Å². The van der Waals surface area contributed by atoms with Crippen molar-refractivity contribution in [3.05, 3.63) is 59.3 Å². The van der Waals surface area contributed by atoms with Crippen molar-refractivity contribution in [3.8, 4) is 0 Å². The first-order valence-corrected chi connectivity index (χ1v) is 8.95. The number of aromatic nitrogens is 2. The van der Waals surface area contributed by atoms with Crippen molar-refractivity contribution in [2.45, 2.75) is 26.7 Å². The van der Waals surface area contributed by atoms with Gasteiger partial charge in [-0.25, -0.2) is 8.78 Å². The summed E-state index contributed by atoms with van der Waals surface area (Å²) < 4.78 is 27.3. The second kappa shape index (κ2) is 8.13. The summed E-state index contributed by atoms with van der Waals surface area (Å²) in [7, 11) is 0. The van der Waals surface area contributed by atoms with Crippen LogP contribution in [0.4, 0.5) is 14.5 Å². The van der Waals surface area contributed by atoms with Gasteiger partial charge in [0.05, 0.1) is 16.9 Å². The van der Waals surface area contributed by atoms with Gasteiger partial charge in [0.2, 0.25) is 0 Å². The molecular formula is C21H23F2N3. The van der Waals surface area contributed by atoms with Gasteiger partial charge in [-0.2, -0.15) is 5.10 Å². The summed E-state index contributed by atoms with van der Waals surface area (Å²) in [6, 6.07) is 9.48. The Kier molecular flexibility index (Phi) is 5.66. The van der Waals surface area contributed by atoms with E-state index in [4.69, 9.17) is 0 Å². The Labute approximate surface area is 152 Å². The summed E-state index contributed by atoms with van der Waals surface area (Å²) in [6.07, 6.45) is 5.82. The molecule has 0 fully saturated rings. The van der Waals surface area contributed by atoms with E-state index in [0.717, 1.165) is 36.0 Å². The molecule has 1 aromatic heterocycles. The van der Waals surface area contributed by atoms with Crippen molar-refractivity contribution in [2.24, 2.45) is 5.92 Å². The van der Waals surface area contributed by atoms with Crippen molar-refractivity contribution >= 4 is 28.7 Å². The maximum Gasteiger partial charge on any atom is 0.148 e. The molecule has 0 aliphatic carbocycles. The molecule has 2 aromatic carbocycles. The van der Waals surface area contributed by atoms with Crippen LogP contribution in [0.25, 0.3) is 23.1 Å². The van der Waals surface area contributed by atoms with Crippen LogP contribution in [-0.2, 0) is 0 Å². The van der Waals surface area contributed by atoms with E-state index >= 15 is 0 Å². The lowest BCUT2D eigenvalue weighted by Crippen LogP contribution is -2.13. The summed E-state index contributed by atoms with van der Waals surface area (Å²) in [5.41, 5.74) is 2.73. The molecule has 0 bridgehead atoms. The number of hydrogen-bond acceptors (Lipinski definition) is 2. The summed E-state index contributed by atoms with van der Waals surface area (Å²) >= 11 is 0. The fraction of sp³-hybridized carbons (Fsp3) is 0.286. The van der Waals surface area contributed by atoms with Crippen molar-refractivity contribution < 1.29 is 8.78 Å². The summed E-state index contributed by atoms with van der Waals surface area (Å²) in [5, 5.41) is 11.2. The molecule has 0 radical (unpaired) electrons. The Balaban J connectivity index is 1.85. The maximum atomic E-state index is 14.3. The average Bonchev–Trinajstić information content (AvgIpc) is 3.03. The predicted octanol–water partition coefficient (Wildman–Crippen LogP) is 5.86. The van der Waals surface area contributed by atoms with Crippen LogP contribution in [0.3, 0.4) is 0 Å². The van der Waals surface area contributed by atoms with Crippen LogP contribution < -0.4 is 5.32 Å². The van der Waals surface area contributed by atoms with E-state index in [1.807, 2.05) is 12.2 Å². The Morgan fingerprint density at radius 1 is 1.08 bits per heavy atom. The highest BCUT2D eigenvalue weighted by atomic mass is 19.1. The van der Waals surface area contributed by atoms with Crippen LogP contribution in [0.5, 0.6) is 0 Å². The van der Waals surface area contributed by atoms with Crippen molar-refractivity contribution in [1.29, 1.82) is 0 Å². The molecule has 0 atom stereocenters. The molecule has 0 spiro atoms. The standard InChI is InChI=1S/C21H23F2N3/c1-3-14(4-2)13-24-21-11-17-19(25-26-20(17)12-18(21)23)10-7-15-5-8-16(22)9-6-15/h5-12,14,24H,3-4,13H2,1-2H3,(H,25,26)/b10-7+. The molecule has 0 saturated carbocycles. The normalized spacial score (nSPS) is 11.7. The minimum atomic E-state index is -0.291. The number of anilines is 1. The topological polar surface area (TPSA) is 40.7 Å². The molecule has 2 N–H and O–H groups in total. The van der Waals surface area contributed by atoms with E-state index in [2.05, 4.69) is 29.4 Å². The number of nitrogens with zero attached hydrogens (tertiary/aromatic N) is 1. The Hall–Kier alpha value is -2.69. The van der Waals surface area contributed by atoms with Gasteiger partial charge in [0, 0.05) is 18.0 Å². The number of halogens is 2. The van der Waals surface area contributed by atoms with E-state index in [1.54, 1.807) is 18.2 Å². The lowest BCUT2D eigenvalue weighted by atomic mass is 10.0. The molecule has 0 unspecified atom stereocenters. The third-order valence-corrected chi connectivity index (χ3v) is 4.72. The van der Waals surface area contributed by atoms with Crippen LogP contribution in [0.15, 0.2) is 36.4 Å². The van der Waals surface area contributed by atoms with Gasteiger partial charge >= 0.3 is 0 Å². The van der Waals surface area contributed by atoms with Crippen LogP contribution in [0.1, 0.15) is 37.9 Å². The lowest BCUT2D eigenvalue weighted by Gasteiger charge is -2.14. The average molecular weight is 355 g/mol. The fourth-order valence-corrected chi connectivity index (χ4v) is 2.90. The number of hydrogen-bond donors (Lipinski definition) is 2. The van der Waals surface area contributed by atoms with E-state index in [0.29, 0.717) is 17.1 Å². The third kappa shape index (κ3) is 4.10. The zero-order chi connectivity index (χ0) is 18.5. The molecule has 0 aliphatic heterocycles. The minimum Gasteiger partial charge on any atom is -0.382 e. The van der Waals surface area contributed by atoms with E-state index in [9.17, 15) is 8.78 Å². The Bertz CT molecular complexity index is 894. The van der Waals surface area contributed by atoms with Gasteiger partial charge in [0.1, 0.15) is 11.6 Å². The van der Waals surface area contributed by atoms with Crippen molar-refractivity contribution in [2.75, 3.05) is 11.9 Å². The molecule has 1 heterocycles. The first-order valence-electron chi connectivity index (χ1n) is 8.95. The Morgan fingerprint density at radius 2 is 1.81 bits per heavy atom. The van der Waals surface area contributed by atoms with Crippen LogP contribution >= 0.6 is 0 Å². The molecule has 0 saturated heterocycles. The van der Waals surface area contributed by atoms with Crippen LogP contribution in [0, 0.1) is 17.6 Å². The SMILES string of the molecule is CCC(CC)CNc1cc2c(/C=C/c3ccc(F)cc3)n[nH]c2cc1F. The van der Waals surface area contributed by atoms with Gasteiger partial charge in [-0.15, -0.1) is 0 Å². The highest BCUT2D eigenvalue weighted by molar-refractivity contribution is 5.91. The van der Waals surface area contributed by atoms with Gasteiger partial charge in [0.15, 0.2) is 0 Å². The number of benzene rings is 2. The predicted molar refractivity (Wildman–Crippen MR) is 104 cm³/mol. The molecule has 5 heteroatoms. The summed E-state index contributed by atoms with van der Waals surface area (Å²) in [6.45, 7) is 5.03. The number of nitrogens with one attached hydrogen (secondary N) is 2. The third-order valence-electron chi connectivity index (χ3n) is 4.72.